The molecule has 0 bridgehead atoms. The summed E-state index contributed by atoms with van der Waals surface area (Å²) in [5, 5.41) is 5.32. The predicted molar refractivity (Wildman–Crippen MR) is 114 cm³/mol. The number of nitrogens with zero attached hydrogens (tertiary/aromatic N) is 1. The molecule has 5 nitrogen and oxygen atoms in total. The molecule has 0 radical (unpaired) electrons. The molecule has 0 atom stereocenters. The monoisotopic (exact) mass is 394 g/mol. The van der Waals surface area contributed by atoms with Crippen molar-refractivity contribution in [1.82, 2.24) is 0 Å². The van der Waals surface area contributed by atoms with Gasteiger partial charge in [0.05, 0.1) is 11.9 Å². The first kappa shape index (κ1) is 18.5. The summed E-state index contributed by atoms with van der Waals surface area (Å²) in [4.78, 5) is 12.7. The third-order valence-corrected chi connectivity index (χ3v) is 6.50. The van der Waals surface area contributed by atoms with Crippen molar-refractivity contribution in [3.05, 3.63) is 71.3 Å². The van der Waals surface area contributed by atoms with E-state index < -0.39 is 10.0 Å². The summed E-state index contributed by atoms with van der Waals surface area (Å²) in [6, 6.07) is 16.9. The van der Waals surface area contributed by atoms with Crippen molar-refractivity contribution in [2.75, 3.05) is 22.4 Å². The maximum absolute atomic E-state index is 12.7. The molecule has 3 aromatic rings. The second kappa shape index (κ2) is 6.95. The lowest BCUT2D eigenvalue weighted by Gasteiger charge is -2.20. The Kier molecular flexibility index (Phi) is 4.59. The number of amides is 1. The zero-order chi connectivity index (χ0) is 19.9. The molecule has 3 aromatic carbocycles. The molecule has 1 amide bonds. The lowest BCUT2D eigenvalue weighted by atomic mass is 10.0. The normalized spacial score (nSPS) is 12.9. The summed E-state index contributed by atoms with van der Waals surface area (Å²) in [6.45, 7) is 2.11. The van der Waals surface area contributed by atoms with E-state index in [0.29, 0.717) is 17.8 Å². The van der Waals surface area contributed by atoms with Crippen LogP contribution in [0.15, 0.2) is 54.6 Å². The number of hydrogen-bond donors (Lipinski definition) is 1. The quantitative estimate of drug-likeness (QED) is 0.712. The molecule has 28 heavy (non-hydrogen) atoms. The Balaban J connectivity index is 1.61. The first-order chi connectivity index (χ1) is 13.4. The Morgan fingerprint density at radius 3 is 2.32 bits per heavy atom. The lowest BCUT2D eigenvalue weighted by Crippen LogP contribution is -2.29. The third-order valence-electron chi connectivity index (χ3n) is 5.23. The van der Waals surface area contributed by atoms with E-state index in [-0.39, 0.29) is 5.91 Å². The number of anilines is 2. The molecule has 1 aliphatic rings. The number of carbonyl (C=O) groups excluding carboxylic acids is 1. The molecule has 6 heteroatoms. The Bertz CT molecular complexity index is 1160. The minimum Gasteiger partial charge on any atom is -0.321 e. The molecule has 4 rings (SSSR count). The van der Waals surface area contributed by atoms with Crippen LogP contribution in [-0.4, -0.2) is 27.1 Å². The number of sulfonamides is 1. The van der Waals surface area contributed by atoms with Crippen LogP contribution < -0.4 is 9.62 Å². The van der Waals surface area contributed by atoms with Crippen molar-refractivity contribution >= 4 is 38.1 Å². The van der Waals surface area contributed by atoms with E-state index in [1.165, 1.54) is 27.1 Å². The van der Waals surface area contributed by atoms with Crippen molar-refractivity contribution in [1.29, 1.82) is 0 Å². The highest BCUT2D eigenvalue weighted by Crippen LogP contribution is 2.35. The van der Waals surface area contributed by atoms with E-state index in [9.17, 15) is 13.2 Å². The van der Waals surface area contributed by atoms with E-state index >= 15 is 0 Å². The van der Waals surface area contributed by atoms with Gasteiger partial charge in [-0.15, -0.1) is 0 Å². The van der Waals surface area contributed by atoms with E-state index in [0.717, 1.165) is 23.9 Å². The van der Waals surface area contributed by atoms with Crippen LogP contribution in [0.5, 0.6) is 0 Å². The Morgan fingerprint density at radius 2 is 1.68 bits per heavy atom. The molecule has 0 fully saturated rings. The molecule has 144 valence electrons. The second-order valence-electron chi connectivity index (χ2n) is 7.04. The molecule has 0 heterocycles. The molecule has 0 aliphatic heterocycles. The molecule has 0 unspecified atom stereocenters. The molecule has 0 saturated heterocycles. The third kappa shape index (κ3) is 3.24. The first-order valence-electron chi connectivity index (χ1n) is 9.31. The second-order valence-corrected chi connectivity index (χ2v) is 8.95. The van der Waals surface area contributed by atoms with Crippen LogP contribution in [0.2, 0.25) is 0 Å². The molecule has 0 spiro atoms. The minimum atomic E-state index is -3.34. The molecule has 1 aliphatic carbocycles. The molecule has 0 saturated carbocycles. The summed E-state index contributed by atoms with van der Waals surface area (Å²) in [5.41, 5.74) is 4.48. The highest BCUT2D eigenvalue weighted by molar-refractivity contribution is 7.92. The minimum absolute atomic E-state index is 0.215. The summed E-state index contributed by atoms with van der Waals surface area (Å²) >= 11 is 0. The SMILES string of the molecule is CCN(c1ccc(C(=O)Nc2ccc3c4c(cccc24)CC3)cc1)S(C)(=O)=O. The lowest BCUT2D eigenvalue weighted by molar-refractivity contribution is 0.102. The molecular weight excluding hydrogens is 372 g/mol. The van der Waals surface area contributed by atoms with Gasteiger partial charge < -0.3 is 5.32 Å². The maximum Gasteiger partial charge on any atom is 0.255 e. The van der Waals surface area contributed by atoms with Crippen LogP contribution in [0.1, 0.15) is 28.4 Å². The molecule has 1 N–H and O–H groups in total. The zero-order valence-corrected chi connectivity index (χ0v) is 16.7. The Hall–Kier alpha value is -2.86. The number of benzene rings is 3. The number of aryl methyl sites for hydroxylation is 2. The van der Waals surface area contributed by atoms with E-state index in [2.05, 4.69) is 17.4 Å². The smallest absolute Gasteiger partial charge is 0.255 e. The van der Waals surface area contributed by atoms with Crippen molar-refractivity contribution in [2.24, 2.45) is 0 Å². The number of hydrogen-bond acceptors (Lipinski definition) is 3. The van der Waals surface area contributed by atoms with Crippen molar-refractivity contribution in [3.8, 4) is 0 Å². The summed E-state index contributed by atoms with van der Waals surface area (Å²) < 4.78 is 25.0. The van der Waals surface area contributed by atoms with Crippen LogP contribution in [-0.2, 0) is 22.9 Å². The highest BCUT2D eigenvalue weighted by atomic mass is 32.2. The highest BCUT2D eigenvalue weighted by Gasteiger charge is 2.18. The van der Waals surface area contributed by atoms with E-state index in [1.807, 2.05) is 18.2 Å². The van der Waals surface area contributed by atoms with Crippen LogP contribution in [0, 0.1) is 0 Å². The van der Waals surface area contributed by atoms with Gasteiger partial charge in [0.25, 0.3) is 5.91 Å². The standard InChI is InChI=1S/C22H22N2O3S/c1-3-24(28(2,26)27)18-12-9-17(10-13-18)22(25)23-20-14-11-16-8-7-15-5-4-6-19(20)21(15)16/h4-6,9-14H,3,7-8H2,1-2H3,(H,23,25). The van der Waals surface area contributed by atoms with Crippen LogP contribution >= 0.6 is 0 Å². The van der Waals surface area contributed by atoms with Gasteiger partial charge >= 0.3 is 0 Å². The fraction of sp³-hybridized carbons (Fsp3) is 0.227. The summed E-state index contributed by atoms with van der Waals surface area (Å²) in [5.74, 6) is -0.215. The molecule has 0 aromatic heterocycles. The van der Waals surface area contributed by atoms with Crippen LogP contribution in [0.25, 0.3) is 10.8 Å². The van der Waals surface area contributed by atoms with Crippen LogP contribution in [0.4, 0.5) is 11.4 Å². The molecular formula is C22H22N2O3S. The summed E-state index contributed by atoms with van der Waals surface area (Å²) in [6.07, 6.45) is 3.26. The fourth-order valence-electron chi connectivity index (χ4n) is 3.94. The van der Waals surface area contributed by atoms with E-state index in [4.69, 9.17) is 0 Å². The Morgan fingerprint density at radius 1 is 1.00 bits per heavy atom. The number of nitrogens with one attached hydrogen (secondary N) is 1. The topological polar surface area (TPSA) is 66.5 Å². The van der Waals surface area contributed by atoms with Crippen molar-refractivity contribution in [3.63, 3.8) is 0 Å². The van der Waals surface area contributed by atoms with Gasteiger partial charge in [-0.3, -0.25) is 9.10 Å². The van der Waals surface area contributed by atoms with Gasteiger partial charge in [-0.1, -0.05) is 24.3 Å². The van der Waals surface area contributed by atoms with Gasteiger partial charge in [0.1, 0.15) is 0 Å². The van der Waals surface area contributed by atoms with Crippen molar-refractivity contribution < 1.29 is 13.2 Å². The Labute approximate surface area is 165 Å². The van der Waals surface area contributed by atoms with Gasteiger partial charge in [-0.2, -0.15) is 0 Å². The van der Waals surface area contributed by atoms with Crippen molar-refractivity contribution in [2.45, 2.75) is 19.8 Å². The average Bonchev–Trinajstić information content (AvgIpc) is 3.09. The summed E-state index contributed by atoms with van der Waals surface area (Å²) in [7, 11) is -3.34. The first-order valence-corrected chi connectivity index (χ1v) is 11.2. The zero-order valence-electron chi connectivity index (χ0n) is 15.9. The fourth-order valence-corrected chi connectivity index (χ4v) is 4.91. The number of carbonyl (C=O) groups is 1. The van der Waals surface area contributed by atoms with Gasteiger partial charge in [-0.25, -0.2) is 8.42 Å². The van der Waals surface area contributed by atoms with Crippen LogP contribution in [0.3, 0.4) is 0 Å². The average molecular weight is 394 g/mol. The van der Waals surface area contributed by atoms with Gasteiger partial charge in [-0.05, 0) is 66.6 Å². The largest absolute Gasteiger partial charge is 0.321 e. The predicted octanol–water partition coefficient (Wildman–Crippen LogP) is 3.98. The maximum atomic E-state index is 12.7. The van der Waals surface area contributed by atoms with Gasteiger partial charge in [0.2, 0.25) is 10.0 Å². The van der Waals surface area contributed by atoms with Gasteiger partial charge in [0, 0.05) is 23.2 Å². The van der Waals surface area contributed by atoms with E-state index in [1.54, 1.807) is 31.2 Å². The van der Waals surface area contributed by atoms with Gasteiger partial charge in [0.15, 0.2) is 0 Å². The number of rotatable bonds is 5.